The summed E-state index contributed by atoms with van der Waals surface area (Å²) in [7, 11) is 2.07. The van der Waals surface area contributed by atoms with Crippen molar-refractivity contribution in [1.29, 1.82) is 0 Å². The average Bonchev–Trinajstić information content (AvgIpc) is 3.21. The lowest BCUT2D eigenvalue weighted by Gasteiger charge is -2.32. The van der Waals surface area contributed by atoms with Gasteiger partial charge in [-0.15, -0.1) is 0 Å². The first-order chi connectivity index (χ1) is 9.24. The van der Waals surface area contributed by atoms with E-state index >= 15 is 0 Å². The van der Waals surface area contributed by atoms with E-state index in [1.807, 2.05) is 0 Å². The van der Waals surface area contributed by atoms with Crippen molar-refractivity contribution >= 4 is 5.91 Å². The summed E-state index contributed by atoms with van der Waals surface area (Å²) in [6.45, 7) is 0.509. The molecule has 0 aliphatic heterocycles. The summed E-state index contributed by atoms with van der Waals surface area (Å²) in [6.07, 6.45) is 5.86. The van der Waals surface area contributed by atoms with Crippen LogP contribution in [0.5, 0.6) is 0 Å². The molecule has 1 aromatic rings. The summed E-state index contributed by atoms with van der Waals surface area (Å²) in [6, 6.07) is 9.51. The van der Waals surface area contributed by atoms with Gasteiger partial charge in [0.2, 0.25) is 5.91 Å². The van der Waals surface area contributed by atoms with Gasteiger partial charge in [0.25, 0.3) is 0 Å². The van der Waals surface area contributed by atoms with Crippen molar-refractivity contribution in [2.24, 2.45) is 0 Å². The van der Waals surface area contributed by atoms with Crippen molar-refractivity contribution in [2.75, 3.05) is 13.6 Å². The molecule has 3 rings (SSSR count). The minimum atomic E-state index is 0.174. The molecule has 1 aromatic carbocycles. The number of benzene rings is 1. The van der Waals surface area contributed by atoms with Crippen LogP contribution in [0.3, 0.4) is 0 Å². The molecule has 0 bridgehead atoms. The summed E-state index contributed by atoms with van der Waals surface area (Å²) >= 11 is 0. The first-order valence-electron chi connectivity index (χ1n) is 7.31. The highest BCUT2D eigenvalue weighted by atomic mass is 16.2. The Bertz CT molecular complexity index is 468. The van der Waals surface area contributed by atoms with E-state index in [-0.39, 0.29) is 5.91 Å². The molecule has 1 N–H and O–H groups in total. The molecule has 1 amide bonds. The van der Waals surface area contributed by atoms with Crippen LogP contribution in [0.2, 0.25) is 0 Å². The Balaban J connectivity index is 1.66. The SMILES string of the molecule is CN(CC(=O)NC1CC1)C1CCCc2ccccc21. The molecule has 102 valence electrons. The molecule has 0 aromatic heterocycles. The molecule has 0 spiro atoms. The third kappa shape index (κ3) is 2.98. The van der Waals surface area contributed by atoms with Gasteiger partial charge in [0, 0.05) is 12.1 Å². The predicted molar refractivity (Wildman–Crippen MR) is 75.9 cm³/mol. The number of nitrogens with zero attached hydrogens (tertiary/aromatic N) is 1. The number of carbonyl (C=O) groups excluding carboxylic acids is 1. The summed E-state index contributed by atoms with van der Waals surface area (Å²) in [4.78, 5) is 14.1. The number of aryl methyl sites for hydroxylation is 1. The van der Waals surface area contributed by atoms with E-state index in [0.29, 0.717) is 18.6 Å². The van der Waals surface area contributed by atoms with Crippen LogP contribution >= 0.6 is 0 Å². The second-order valence-corrected chi connectivity index (χ2v) is 5.86. The number of hydrogen-bond acceptors (Lipinski definition) is 2. The molecule has 0 radical (unpaired) electrons. The highest BCUT2D eigenvalue weighted by Gasteiger charge is 2.27. The Morgan fingerprint density at radius 2 is 2.11 bits per heavy atom. The van der Waals surface area contributed by atoms with Crippen LogP contribution in [0.4, 0.5) is 0 Å². The van der Waals surface area contributed by atoms with E-state index in [0.717, 1.165) is 19.3 Å². The zero-order valence-electron chi connectivity index (χ0n) is 11.6. The molecule has 1 unspecified atom stereocenters. The minimum absolute atomic E-state index is 0.174. The Labute approximate surface area is 115 Å². The summed E-state index contributed by atoms with van der Waals surface area (Å²) in [5, 5.41) is 3.07. The molecule has 1 atom stereocenters. The van der Waals surface area contributed by atoms with Gasteiger partial charge >= 0.3 is 0 Å². The van der Waals surface area contributed by atoms with Crippen molar-refractivity contribution in [1.82, 2.24) is 10.2 Å². The van der Waals surface area contributed by atoms with Crippen LogP contribution in [0.15, 0.2) is 24.3 Å². The Hall–Kier alpha value is -1.35. The van der Waals surface area contributed by atoms with Crippen LogP contribution in [0.25, 0.3) is 0 Å². The Morgan fingerprint density at radius 3 is 2.89 bits per heavy atom. The van der Waals surface area contributed by atoms with Gasteiger partial charge in [0.05, 0.1) is 6.54 Å². The van der Waals surface area contributed by atoms with Crippen molar-refractivity contribution in [2.45, 2.75) is 44.2 Å². The second-order valence-electron chi connectivity index (χ2n) is 5.86. The number of carbonyl (C=O) groups is 1. The van der Waals surface area contributed by atoms with E-state index in [9.17, 15) is 4.79 Å². The topological polar surface area (TPSA) is 32.3 Å². The molecule has 2 aliphatic rings. The van der Waals surface area contributed by atoms with E-state index in [1.165, 1.54) is 24.0 Å². The maximum atomic E-state index is 11.9. The van der Waals surface area contributed by atoms with Gasteiger partial charge in [-0.25, -0.2) is 0 Å². The third-order valence-electron chi connectivity index (χ3n) is 4.21. The molecule has 3 heteroatoms. The van der Waals surface area contributed by atoms with Crippen molar-refractivity contribution in [3.63, 3.8) is 0 Å². The van der Waals surface area contributed by atoms with Gasteiger partial charge in [-0.2, -0.15) is 0 Å². The minimum Gasteiger partial charge on any atom is -0.352 e. The van der Waals surface area contributed by atoms with Crippen LogP contribution in [-0.2, 0) is 11.2 Å². The maximum Gasteiger partial charge on any atom is 0.234 e. The molecule has 1 fully saturated rings. The number of nitrogens with one attached hydrogen (secondary N) is 1. The molecule has 3 nitrogen and oxygen atoms in total. The first-order valence-corrected chi connectivity index (χ1v) is 7.31. The molecule has 2 aliphatic carbocycles. The number of hydrogen-bond donors (Lipinski definition) is 1. The molecule has 1 saturated carbocycles. The van der Waals surface area contributed by atoms with Crippen molar-refractivity contribution in [3.8, 4) is 0 Å². The van der Waals surface area contributed by atoms with Gasteiger partial charge in [-0.1, -0.05) is 24.3 Å². The smallest absolute Gasteiger partial charge is 0.234 e. The van der Waals surface area contributed by atoms with Crippen LogP contribution in [0, 0.1) is 0 Å². The fraction of sp³-hybridized carbons (Fsp3) is 0.562. The number of rotatable bonds is 4. The zero-order valence-corrected chi connectivity index (χ0v) is 11.6. The fourth-order valence-corrected chi connectivity index (χ4v) is 3.02. The molecule has 0 saturated heterocycles. The Morgan fingerprint density at radius 1 is 1.32 bits per heavy atom. The number of likely N-dealkylation sites (N-methyl/N-ethyl adjacent to an activating group) is 1. The predicted octanol–water partition coefficient (Wildman–Crippen LogP) is 2.27. The van der Waals surface area contributed by atoms with Crippen molar-refractivity contribution < 1.29 is 4.79 Å². The molecular weight excluding hydrogens is 236 g/mol. The summed E-state index contributed by atoms with van der Waals surface area (Å²) in [5.74, 6) is 0.174. The number of amides is 1. The van der Waals surface area contributed by atoms with Crippen LogP contribution < -0.4 is 5.32 Å². The molecular formula is C16H22N2O. The lowest BCUT2D eigenvalue weighted by molar-refractivity contribution is -0.122. The van der Waals surface area contributed by atoms with Gasteiger partial charge in [0.15, 0.2) is 0 Å². The summed E-state index contributed by atoms with van der Waals surface area (Å²) in [5.41, 5.74) is 2.86. The maximum absolute atomic E-state index is 11.9. The largest absolute Gasteiger partial charge is 0.352 e. The van der Waals surface area contributed by atoms with E-state index in [1.54, 1.807) is 0 Å². The summed E-state index contributed by atoms with van der Waals surface area (Å²) < 4.78 is 0. The monoisotopic (exact) mass is 258 g/mol. The lowest BCUT2D eigenvalue weighted by Crippen LogP contribution is -2.38. The van der Waals surface area contributed by atoms with E-state index < -0.39 is 0 Å². The van der Waals surface area contributed by atoms with Gasteiger partial charge in [-0.3, -0.25) is 9.69 Å². The normalized spacial score (nSPS) is 22.1. The van der Waals surface area contributed by atoms with E-state index in [2.05, 4.69) is 41.5 Å². The fourth-order valence-electron chi connectivity index (χ4n) is 3.02. The second kappa shape index (κ2) is 5.33. The quantitative estimate of drug-likeness (QED) is 0.898. The van der Waals surface area contributed by atoms with Crippen LogP contribution in [-0.4, -0.2) is 30.4 Å². The van der Waals surface area contributed by atoms with E-state index in [4.69, 9.17) is 0 Å². The average molecular weight is 258 g/mol. The van der Waals surface area contributed by atoms with Crippen LogP contribution in [0.1, 0.15) is 42.9 Å². The van der Waals surface area contributed by atoms with Crippen molar-refractivity contribution in [3.05, 3.63) is 35.4 Å². The number of fused-ring (bicyclic) bond motifs is 1. The molecule has 0 heterocycles. The first kappa shape index (κ1) is 12.7. The standard InChI is InChI=1S/C16H22N2O/c1-18(11-16(19)17-13-9-10-13)15-8-4-6-12-5-2-3-7-14(12)15/h2-3,5,7,13,15H,4,6,8-11H2,1H3,(H,17,19). The zero-order chi connectivity index (χ0) is 13.2. The van der Waals surface area contributed by atoms with Gasteiger partial charge in [0.1, 0.15) is 0 Å². The Kier molecular flexibility index (Phi) is 3.56. The lowest BCUT2D eigenvalue weighted by atomic mass is 9.87. The highest BCUT2D eigenvalue weighted by Crippen LogP contribution is 2.33. The molecule has 19 heavy (non-hydrogen) atoms. The third-order valence-corrected chi connectivity index (χ3v) is 4.21. The van der Waals surface area contributed by atoms with Gasteiger partial charge < -0.3 is 5.32 Å². The highest BCUT2D eigenvalue weighted by molar-refractivity contribution is 5.78. The van der Waals surface area contributed by atoms with Gasteiger partial charge in [-0.05, 0) is 50.3 Å².